The van der Waals surface area contributed by atoms with E-state index in [1.54, 1.807) is 12.1 Å². The quantitative estimate of drug-likeness (QED) is 0.161. The van der Waals surface area contributed by atoms with Crippen molar-refractivity contribution in [3.63, 3.8) is 0 Å². The Morgan fingerprint density at radius 2 is 1.90 bits per heavy atom. The van der Waals surface area contributed by atoms with Crippen molar-refractivity contribution in [2.45, 2.75) is 52.2 Å². The summed E-state index contributed by atoms with van der Waals surface area (Å²) in [6.07, 6.45) is 0.750. The maximum atomic E-state index is 13.6. The van der Waals surface area contributed by atoms with Gasteiger partial charge in [-0.2, -0.15) is 0 Å². The fourth-order valence-electron chi connectivity index (χ4n) is 5.39. The molecule has 8 heteroatoms. The maximum Gasteiger partial charge on any atom is 0.301 e. The molecule has 1 N–H and O–H groups in total. The minimum atomic E-state index is -0.837. The van der Waals surface area contributed by atoms with E-state index in [9.17, 15) is 14.7 Å². The Kier molecular flexibility index (Phi) is 6.58. The van der Waals surface area contributed by atoms with Crippen molar-refractivity contribution in [1.82, 2.24) is 4.98 Å². The third kappa shape index (κ3) is 4.42. The number of aliphatic hydroxyl groups is 1. The summed E-state index contributed by atoms with van der Waals surface area (Å²) < 4.78 is 12.3. The van der Waals surface area contributed by atoms with Crippen LogP contribution in [0.2, 0.25) is 0 Å². The molecule has 0 spiro atoms. The van der Waals surface area contributed by atoms with Crippen molar-refractivity contribution in [2.24, 2.45) is 0 Å². The molecule has 1 aromatic heterocycles. The second-order valence-electron chi connectivity index (χ2n) is 10.5. The van der Waals surface area contributed by atoms with Gasteiger partial charge >= 0.3 is 5.91 Å². The normalized spacial score (nSPS) is 19.9. The van der Waals surface area contributed by atoms with Gasteiger partial charge < -0.3 is 14.6 Å². The van der Waals surface area contributed by atoms with Crippen molar-refractivity contribution in [1.29, 1.82) is 0 Å². The van der Waals surface area contributed by atoms with Crippen molar-refractivity contribution < 1.29 is 24.2 Å². The average Bonchev–Trinajstić information content (AvgIpc) is 3.60. The number of benzene rings is 3. The molecular formula is C32H30N2O5S. The lowest BCUT2D eigenvalue weighted by molar-refractivity contribution is -0.132. The van der Waals surface area contributed by atoms with Gasteiger partial charge in [0.1, 0.15) is 23.4 Å². The molecule has 1 fully saturated rings. The third-order valence-corrected chi connectivity index (χ3v) is 8.42. The molecule has 0 unspecified atom stereocenters. The van der Waals surface area contributed by atoms with Gasteiger partial charge in [0.05, 0.1) is 28.4 Å². The molecule has 0 saturated carbocycles. The van der Waals surface area contributed by atoms with Gasteiger partial charge in [0.2, 0.25) is 0 Å². The molecule has 2 aliphatic heterocycles. The first kappa shape index (κ1) is 26.1. The van der Waals surface area contributed by atoms with Gasteiger partial charge in [-0.05, 0) is 72.9 Å². The number of carbonyl (C=O) groups is 2. The van der Waals surface area contributed by atoms with Gasteiger partial charge in [-0.15, -0.1) is 0 Å². The lowest BCUT2D eigenvalue weighted by atomic mass is 9.93. The van der Waals surface area contributed by atoms with Crippen molar-refractivity contribution in [3.05, 3.63) is 88.5 Å². The second-order valence-corrected chi connectivity index (χ2v) is 11.5. The van der Waals surface area contributed by atoms with Crippen LogP contribution in [-0.2, 0) is 16.0 Å². The van der Waals surface area contributed by atoms with Crippen LogP contribution in [0.1, 0.15) is 61.9 Å². The van der Waals surface area contributed by atoms with Crippen LogP contribution in [-0.4, -0.2) is 34.5 Å². The van der Waals surface area contributed by atoms with Crippen LogP contribution in [0.3, 0.4) is 0 Å². The van der Waals surface area contributed by atoms with Crippen LogP contribution >= 0.6 is 11.3 Å². The molecule has 4 aromatic rings. The number of hydrogen-bond acceptors (Lipinski definition) is 7. The monoisotopic (exact) mass is 554 g/mol. The minimum Gasteiger partial charge on any atom is -0.507 e. The zero-order valence-electron chi connectivity index (χ0n) is 22.8. The summed E-state index contributed by atoms with van der Waals surface area (Å²) in [4.78, 5) is 33.4. The number of ketones is 1. The molecule has 1 amide bonds. The molecule has 40 heavy (non-hydrogen) atoms. The molecule has 0 bridgehead atoms. The number of carbonyl (C=O) groups excluding carboxylic acids is 2. The molecule has 0 radical (unpaired) electrons. The number of rotatable bonds is 6. The summed E-state index contributed by atoms with van der Waals surface area (Å²) in [6.45, 7) is 8.66. The molecule has 3 aromatic carbocycles. The first-order chi connectivity index (χ1) is 19.2. The predicted octanol–water partition coefficient (Wildman–Crippen LogP) is 6.77. The van der Waals surface area contributed by atoms with E-state index in [0.29, 0.717) is 40.9 Å². The number of ether oxygens (including phenoxy) is 2. The second kappa shape index (κ2) is 10.1. The highest BCUT2D eigenvalue weighted by molar-refractivity contribution is 7.22. The molecule has 2 atom stereocenters. The lowest BCUT2D eigenvalue weighted by Gasteiger charge is -2.23. The van der Waals surface area contributed by atoms with Crippen LogP contribution in [0.5, 0.6) is 11.5 Å². The first-order valence-electron chi connectivity index (χ1n) is 13.5. The lowest BCUT2D eigenvalue weighted by Crippen LogP contribution is -2.29. The zero-order valence-corrected chi connectivity index (χ0v) is 23.6. The number of anilines is 1. The van der Waals surface area contributed by atoms with Crippen molar-refractivity contribution in [3.8, 4) is 11.5 Å². The molecule has 2 aliphatic rings. The number of Topliss-reactive ketones (excluding diaryl/α,β-unsaturated/α-hetero) is 1. The number of nitrogens with zero attached hydrogens (tertiary/aromatic N) is 2. The third-order valence-electron chi connectivity index (χ3n) is 7.40. The van der Waals surface area contributed by atoms with Gasteiger partial charge in [-0.25, -0.2) is 4.98 Å². The predicted molar refractivity (Wildman–Crippen MR) is 156 cm³/mol. The summed E-state index contributed by atoms with van der Waals surface area (Å²) in [6, 6.07) is 17.9. The molecule has 6 rings (SSSR count). The number of amides is 1. The van der Waals surface area contributed by atoms with Crippen LogP contribution in [0.4, 0.5) is 5.13 Å². The topological polar surface area (TPSA) is 89.0 Å². The van der Waals surface area contributed by atoms with E-state index in [0.717, 1.165) is 27.1 Å². The number of hydrogen-bond donors (Lipinski definition) is 1. The highest BCUT2D eigenvalue weighted by Crippen LogP contribution is 2.45. The van der Waals surface area contributed by atoms with Crippen LogP contribution in [0.15, 0.2) is 66.2 Å². The van der Waals surface area contributed by atoms with Crippen molar-refractivity contribution in [2.75, 3.05) is 11.5 Å². The van der Waals surface area contributed by atoms with Gasteiger partial charge in [0.25, 0.3) is 5.78 Å². The number of thiazole rings is 1. The van der Waals surface area contributed by atoms with Crippen LogP contribution < -0.4 is 14.4 Å². The smallest absolute Gasteiger partial charge is 0.301 e. The molecule has 1 saturated heterocycles. The summed E-state index contributed by atoms with van der Waals surface area (Å²) in [5.74, 6) is 0.131. The number of fused-ring (bicyclic) bond motifs is 2. The number of aromatic nitrogens is 1. The van der Waals surface area contributed by atoms with Gasteiger partial charge in [0, 0.05) is 12.0 Å². The van der Waals surface area contributed by atoms with Gasteiger partial charge in [0.15, 0.2) is 5.13 Å². The van der Waals surface area contributed by atoms with E-state index in [-0.39, 0.29) is 17.4 Å². The Morgan fingerprint density at radius 3 is 2.62 bits per heavy atom. The van der Waals surface area contributed by atoms with E-state index in [2.05, 4.69) is 13.8 Å². The van der Waals surface area contributed by atoms with Crippen molar-refractivity contribution >= 4 is 44.1 Å². The molecule has 204 valence electrons. The van der Waals surface area contributed by atoms with E-state index >= 15 is 0 Å². The molecule has 0 aliphatic carbocycles. The SMILES string of the molecule is CCOc1ccc2nc(N3C(=O)C(=O)C(=C(O)c4ccc5c(c4)C[C@@H](C)O5)[C@H]3c3ccc(C(C)C)cc3)sc2c1. The molecule has 7 nitrogen and oxygen atoms in total. The van der Waals surface area contributed by atoms with E-state index < -0.39 is 17.7 Å². The van der Waals surface area contributed by atoms with E-state index in [1.807, 2.05) is 62.4 Å². The first-order valence-corrected chi connectivity index (χ1v) is 14.3. The zero-order chi connectivity index (χ0) is 28.1. The minimum absolute atomic E-state index is 0.0414. The fourth-order valence-corrected chi connectivity index (χ4v) is 6.41. The highest BCUT2D eigenvalue weighted by atomic mass is 32.1. The Morgan fingerprint density at radius 1 is 1.12 bits per heavy atom. The van der Waals surface area contributed by atoms with E-state index in [4.69, 9.17) is 14.5 Å². The summed E-state index contributed by atoms with van der Waals surface area (Å²) >= 11 is 1.31. The summed E-state index contributed by atoms with van der Waals surface area (Å²) in [7, 11) is 0. The highest BCUT2D eigenvalue weighted by Gasteiger charge is 2.48. The standard InChI is InChI=1S/C32H30N2O5S/c1-5-38-23-11-12-24-26(16-23)40-32(33-24)34-28(20-8-6-19(7-9-20)17(2)3)27(30(36)31(34)37)29(35)21-10-13-25-22(15-21)14-18(4)39-25/h6-13,15-18,28,35H,5,14H2,1-4H3/t18-,28-/m1/s1. The number of aliphatic hydroxyl groups excluding tert-OH is 1. The Hall–Kier alpha value is -4.17. The van der Waals surface area contributed by atoms with E-state index in [1.165, 1.54) is 16.2 Å². The Balaban J connectivity index is 1.50. The summed E-state index contributed by atoms with van der Waals surface area (Å²) in [5, 5.41) is 12.0. The van der Waals surface area contributed by atoms with Crippen LogP contribution in [0.25, 0.3) is 16.0 Å². The van der Waals surface area contributed by atoms with Gasteiger partial charge in [-0.3, -0.25) is 14.5 Å². The van der Waals surface area contributed by atoms with Gasteiger partial charge in [-0.1, -0.05) is 49.4 Å². The van der Waals surface area contributed by atoms with Crippen LogP contribution in [0, 0.1) is 0 Å². The maximum absolute atomic E-state index is 13.6. The average molecular weight is 555 g/mol. The molecule has 3 heterocycles. The largest absolute Gasteiger partial charge is 0.507 e. The Bertz CT molecular complexity index is 1670. The molecular weight excluding hydrogens is 524 g/mol. The summed E-state index contributed by atoms with van der Waals surface area (Å²) in [5.41, 5.74) is 4.04. The fraction of sp³-hybridized carbons (Fsp3) is 0.281. The Labute approximate surface area is 236 Å².